The van der Waals surface area contributed by atoms with Crippen LogP contribution in [0.2, 0.25) is 0 Å². The third-order valence-corrected chi connectivity index (χ3v) is 5.82. The van der Waals surface area contributed by atoms with Gasteiger partial charge in [-0.05, 0) is 24.3 Å². The van der Waals surface area contributed by atoms with Crippen molar-refractivity contribution in [2.24, 2.45) is 0 Å². The van der Waals surface area contributed by atoms with Crippen molar-refractivity contribution in [2.45, 2.75) is 42.7 Å². The summed E-state index contributed by atoms with van der Waals surface area (Å²) in [4.78, 5) is 36.4. The number of halogens is 10. The number of benzene rings is 2. The van der Waals surface area contributed by atoms with E-state index in [2.05, 4.69) is 9.47 Å². The minimum atomic E-state index is -6.68. The Morgan fingerprint density at radius 1 is 0.634 bits per heavy atom. The molecule has 2 atom stereocenters. The molecule has 0 aliphatic heterocycles. The molecule has 0 aromatic heterocycles. The van der Waals surface area contributed by atoms with Crippen LogP contribution in [-0.2, 0) is 19.6 Å². The van der Waals surface area contributed by atoms with E-state index in [1.807, 2.05) is 0 Å². The molecule has 0 heterocycles. The van der Waals surface area contributed by atoms with Crippen molar-refractivity contribution in [2.75, 3.05) is 0 Å². The standard InChI is InChI=1S/C22H14F10O8S/c1-19(23,24)17(20(25,26)27)39-15(34)12-6-2-10(3-7-12)14(33)11-4-8-13(9-5-11)16(35)40-18(21(28,29)30)22(31,32)41(36,37)38/h2-9,17-18H,1H3,(H,36,37,38). The first-order chi connectivity index (χ1) is 18.4. The van der Waals surface area contributed by atoms with Gasteiger partial charge in [-0.3, -0.25) is 9.35 Å². The molecule has 8 nitrogen and oxygen atoms in total. The van der Waals surface area contributed by atoms with Crippen LogP contribution in [-0.4, -0.2) is 66.4 Å². The number of alkyl halides is 10. The third kappa shape index (κ3) is 7.93. The van der Waals surface area contributed by atoms with E-state index in [1.165, 1.54) is 0 Å². The van der Waals surface area contributed by atoms with Gasteiger partial charge in [0.05, 0.1) is 11.1 Å². The highest BCUT2D eigenvalue weighted by atomic mass is 32.2. The normalized spacial score (nSPS) is 14.6. The Hall–Kier alpha value is -3.74. The molecule has 0 aliphatic carbocycles. The third-order valence-electron chi connectivity index (χ3n) is 4.92. The summed E-state index contributed by atoms with van der Waals surface area (Å²) < 4.78 is 168. The zero-order valence-electron chi connectivity index (χ0n) is 19.8. The van der Waals surface area contributed by atoms with E-state index in [0.29, 0.717) is 12.1 Å². The Morgan fingerprint density at radius 2 is 0.927 bits per heavy atom. The number of ketones is 1. The van der Waals surface area contributed by atoms with Gasteiger partial charge in [0.2, 0.25) is 0 Å². The lowest BCUT2D eigenvalue weighted by Crippen LogP contribution is -2.52. The molecule has 0 saturated heterocycles. The summed E-state index contributed by atoms with van der Waals surface area (Å²) in [5.74, 6) is -9.31. The van der Waals surface area contributed by atoms with Crippen molar-refractivity contribution < 1.29 is 80.7 Å². The summed E-state index contributed by atoms with van der Waals surface area (Å²) in [6, 6.07) is 6.11. The molecule has 41 heavy (non-hydrogen) atoms. The van der Waals surface area contributed by atoms with E-state index < -0.39 is 74.7 Å². The number of rotatable bonds is 9. The molecule has 0 spiro atoms. The lowest BCUT2D eigenvalue weighted by Gasteiger charge is -2.26. The fourth-order valence-corrected chi connectivity index (χ4v) is 3.40. The van der Waals surface area contributed by atoms with E-state index >= 15 is 0 Å². The van der Waals surface area contributed by atoms with Gasteiger partial charge in [-0.25, -0.2) is 18.4 Å². The number of ether oxygens (including phenoxy) is 2. The van der Waals surface area contributed by atoms with Gasteiger partial charge in [0.1, 0.15) is 0 Å². The van der Waals surface area contributed by atoms with Gasteiger partial charge < -0.3 is 9.47 Å². The highest BCUT2D eigenvalue weighted by Gasteiger charge is 2.66. The number of hydrogen-bond donors (Lipinski definition) is 1. The molecule has 0 saturated carbocycles. The zero-order chi connectivity index (χ0) is 31.8. The van der Waals surface area contributed by atoms with Crippen molar-refractivity contribution in [3.63, 3.8) is 0 Å². The minimum absolute atomic E-state index is 0.116. The SMILES string of the molecule is CC(F)(F)C(OC(=O)c1ccc(C(=O)c2ccc(C(=O)OC(C(F)(F)F)C(F)(F)S(=O)(=O)O)cc2)cc1)C(F)(F)F. The van der Waals surface area contributed by atoms with Crippen LogP contribution in [0.1, 0.15) is 43.6 Å². The lowest BCUT2D eigenvalue weighted by atomic mass is 10.0. The smallest absolute Gasteiger partial charge is 0.432 e. The Kier molecular flexibility index (Phi) is 9.20. The van der Waals surface area contributed by atoms with Gasteiger partial charge in [-0.2, -0.15) is 43.5 Å². The Labute approximate surface area is 222 Å². The second-order valence-corrected chi connectivity index (χ2v) is 9.63. The quantitative estimate of drug-likeness (QED) is 0.173. The van der Waals surface area contributed by atoms with Gasteiger partial charge in [-0.1, -0.05) is 24.3 Å². The maximum Gasteiger partial charge on any atom is 0.432 e. The number of carbonyl (C=O) groups is 3. The van der Waals surface area contributed by atoms with E-state index in [9.17, 15) is 66.7 Å². The van der Waals surface area contributed by atoms with E-state index in [4.69, 9.17) is 4.55 Å². The summed E-state index contributed by atoms with van der Waals surface area (Å²) in [5, 5.41) is -5.97. The molecule has 1 N–H and O–H groups in total. The first kappa shape index (κ1) is 33.5. The maximum atomic E-state index is 13.6. The maximum absolute atomic E-state index is 13.6. The average molecular weight is 628 g/mol. The van der Waals surface area contributed by atoms with E-state index in [1.54, 1.807) is 0 Å². The molecule has 0 bridgehead atoms. The van der Waals surface area contributed by atoms with Crippen LogP contribution < -0.4 is 0 Å². The number of hydrogen-bond acceptors (Lipinski definition) is 7. The monoisotopic (exact) mass is 628 g/mol. The largest absolute Gasteiger partial charge is 0.443 e. The molecule has 0 radical (unpaired) electrons. The van der Waals surface area contributed by atoms with Crippen LogP contribution >= 0.6 is 0 Å². The fraction of sp³-hybridized carbons (Fsp3) is 0.318. The summed E-state index contributed by atoms with van der Waals surface area (Å²) in [5.41, 5.74) is -2.10. The molecule has 2 rings (SSSR count). The van der Waals surface area contributed by atoms with Crippen LogP contribution in [0, 0.1) is 0 Å². The number of esters is 2. The predicted octanol–water partition coefficient (Wildman–Crippen LogP) is 5.23. The molecule has 19 heteroatoms. The summed E-state index contributed by atoms with van der Waals surface area (Å²) in [6.45, 7) is -0.116. The summed E-state index contributed by atoms with van der Waals surface area (Å²) >= 11 is 0. The molecule has 2 unspecified atom stereocenters. The Morgan fingerprint density at radius 3 is 1.20 bits per heavy atom. The molecule has 2 aromatic rings. The van der Waals surface area contributed by atoms with Crippen molar-refractivity contribution in [3.8, 4) is 0 Å². The molecule has 0 aliphatic rings. The molecular formula is C22H14F10O8S. The lowest BCUT2D eigenvalue weighted by molar-refractivity contribution is -0.263. The van der Waals surface area contributed by atoms with Crippen LogP contribution in [0.15, 0.2) is 48.5 Å². The fourth-order valence-electron chi connectivity index (χ4n) is 2.95. The van der Waals surface area contributed by atoms with Gasteiger partial charge >= 0.3 is 39.7 Å². The van der Waals surface area contributed by atoms with Crippen molar-refractivity contribution in [1.82, 2.24) is 0 Å². The second-order valence-electron chi connectivity index (χ2n) is 8.13. The van der Waals surface area contributed by atoms with Crippen LogP contribution in [0.4, 0.5) is 43.9 Å². The highest BCUT2D eigenvalue weighted by Crippen LogP contribution is 2.38. The first-order valence-corrected chi connectivity index (χ1v) is 11.8. The van der Waals surface area contributed by atoms with Gasteiger partial charge in [0, 0.05) is 18.1 Å². The van der Waals surface area contributed by atoms with Crippen molar-refractivity contribution >= 4 is 27.8 Å². The second kappa shape index (κ2) is 11.3. The van der Waals surface area contributed by atoms with Crippen molar-refractivity contribution in [1.29, 1.82) is 0 Å². The van der Waals surface area contributed by atoms with Gasteiger partial charge in [0.15, 0.2) is 5.78 Å². The average Bonchev–Trinajstić information content (AvgIpc) is 2.82. The Balaban J connectivity index is 2.20. The number of carbonyl (C=O) groups excluding carboxylic acids is 3. The van der Waals surface area contributed by atoms with Gasteiger partial charge in [-0.15, -0.1) is 0 Å². The predicted molar refractivity (Wildman–Crippen MR) is 114 cm³/mol. The molecule has 0 amide bonds. The first-order valence-electron chi connectivity index (χ1n) is 10.4. The van der Waals surface area contributed by atoms with Gasteiger partial charge in [0.25, 0.3) is 18.1 Å². The zero-order valence-corrected chi connectivity index (χ0v) is 20.6. The van der Waals surface area contributed by atoms with Crippen LogP contribution in [0.25, 0.3) is 0 Å². The highest BCUT2D eigenvalue weighted by molar-refractivity contribution is 7.86. The summed E-state index contributed by atoms with van der Waals surface area (Å²) in [7, 11) is -6.68. The van der Waals surface area contributed by atoms with Crippen LogP contribution in [0.5, 0.6) is 0 Å². The topological polar surface area (TPSA) is 124 Å². The van der Waals surface area contributed by atoms with E-state index in [0.717, 1.165) is 36.4 Å². The minimum Gasteiger partial charge on any atom is -0.443 e. The molecule has 2 aromatic carbocycles. The molecule has 0 fully saturated rings. The van der Waals surface area contributed by atoms with Crippen molar-refractivity contribution in [3.05, 3.63) is 70.8 Å². The van der Waals surface area contributed by atoms with Crippen LogP contribution in [0.3, 0.4) is 0 Å². The Bertz CT molecular complexity index is 1380. The summed E-state index contributed by atoms with van der Waals surface area (Å²) in [6.07, 6.45) is -20.1. The van der Waals surface area contributed by atoms with E-state index in [-0.39, 0.29) is 18.1 Å². The molecular weight excluding hydrogens is 614 g/mol. The molecule has 226 valence electrons.